The highest BCUT2D eigenvalue weighted by molar-refractivity contribution is 5.97. The van der Waals surface area contributed by atoms with E-state index < -0.39 is 0 Å². The van der Waals surface area contributed by atoms with Gasteiger partial charge in [0.05, 0.1) is 0 Å². The second-order valence-corrected chi connectivity index (χ2v) is 5.36. The Hall–Kier alpha value is -1.55. The Labute approximate surface area is 108 Å². The fourth-order valence-corrected chi connectivity index (χ4v) is 2.32. The van der Waals surface area contributed by atoms with E-state index in [0.29, 0.717) is 0 Å². The number of nitrogens with zero attached hydrogens (tertiary/aromatic N) is 2. The molecule has 0 aliphatic heterocycles. The summed E-state index contributed by atoms with van der Waals surface area (Å²) in [7, 11) is 2.14. The molecule has 1 aliphatic carbocycles. The van der Waals surface area contributed by atoms with Crippen LogP contribution in [-0.4, -0.2) is 29.5 Å². The zero-order valence-corrected chi connectivity index (χ0v) is 11.0. The summed E-state index contributed by atoms with van der Waals surface area (Å²) in [4.78, 5) is 2.33. The van der Waals surface area contributed by atoms with Gasteiger partial charge in [0.2, 0.25) is 0 Å². The van der Waals surface area contributed by atoms with Crippen LogP contribution in [0, 0.1) is 11.8 Å². The van der Waals surface area contributed by atoms with E-state index in [2.05, 4.69) is 30.1 Å². The molecule has 98 valence electrons. The fraction of sp³-hybridized carbons (Fsp3) is 0.500. The molecule has 0 amide bonds. The first-order chi connectivity index (χ1) is 8.60. The van der Waals surface area contributed by atoms with Gasteiger partial charge in [-0.05, 0) is 36.9 Å². The Balaban J connectivity index is 1.96. The van der Waals surface area contributed by atoms with Gasteiger partial charge in [0.1, 0.15) is 0 Å². The van der Waals surface area contributed by atoms with Gasteiger partial charge < -0.3 is 15.8 Å². The maximum absolute atomic E-state index is 8.67. The van der Waals surface area contributed by atoms with Crippen LogP contribution in [0.5, 0.6) is 0 Å². The minimum absolute atomic E-state index is 0.162. The van der Waals surface area contributed by atoms with E-state index in [9.17, 15) is 0 Å². The molecule has 1 fully saturated rings. The van der Waals surface area contributed by atoms with Gasteiger partial charge in [0.15, 0.2) is 5.84 Å². The molecule has 18 heavy (non-hydrogen) atoms. The van der Waals surface area contributed by atoms with E-state index in [4.69, 9.17) is 10.9 Å². The number of oxime groups is 1. The van der Waals surface area contributed by atoms with E-state index in [1.54, 1.807) is 0 Å². The lowest BCUT2D eigenvalue weighted by Crippen LogP contribution is -2.21. The Morgan fingerprint density at radius 2 is 2.28 bits per heavy atom. The summed E-state index contributed by atoms with van der Waals surface area (Å²) in [6, 6.07) is 7.83. The molecular formula is C14H21N3O. The van der Waals surface area contributed by atoms with E-state index in [1.165, 1.54) is 12.0 Å². The van der Waals surface area contributed by atoms with Crippen LogP contribution in [0.1, 0.15) is 24.5 Å². The van der Waals surface area contributed by atoms with E-state index in [1.807, 2.05) is 18.2 Å². The molecule has 4 heteroatoms. The maximum atomic E-state index is 8.67. The van der Waals surface area contributed by atoms with Gasteiger partial charge in [-0.1, -0.05) is 30.3 Å². The lowest BCUT2D eigenvalue weighted by Gasteiger charge is -2.16. The topological polar surface area (TPSA) is 61.8 Å². The third kappa shape index (κ3) is 3.23. The van der Waals surface area contributed by atoms with E-state index in [0.717, 1.165) is 30.5 Å². The zero-order valence-electron chi connectivity index (χ0n) is 11.0. The predicted octanol–water partition coefficient (Wildman–Crippen LogP) is 1.87. The van der Waals surface area contributed by atoms with Crippen LogP contribution in [-0.2, 0) is 6.54 Å². The van der Waals surface area contributed by atoms with Crippen molar-refractivity contribution in [3.8, 4) is 0 Å². The highest BCUT2D eigenvalue weighted by Crippen LogP contribution is 2.38. The van der Waals surface area contributed by atoms with Crippen molar-refractivity contribution in [1.29, 1.82) is 0 Å². The molecule has 0 aromatic heterocycles. The van der Waals surface area contributed by atoms with Crippen molar-refractivity contribution in [3.63, 3.8) is 0 Å². The molecular weight excluding hydrogens is 226 g/mol. The summed E-state index contributed by atoms with van der Waals surface area (Å²) in [6.45, 7) is 4.35. The fourth-order valence-electron chi connectivity index (χ4n) is 2.32. The minimum atomic E-state index is 0.162. The smallest absolute Gasteiger partial charge is 0.170 e. The SMILES string of the molecule is CC1CC1CN(C)Cc1cccc(C(N)=NO)c1. The number of amidine groups is 1. The van der Waals surface area contributed by atoms with Crippen LogP contribution in [0.3, 0.4) is 0 Å². The van der Waals surface area contributed by atoms with Crippen molar-refractivity contribution in [3.05, 3.63) is 35.4 Å². The van der Waals surface area contributed by atoms with Gasteiger partial charge in [-0.15, -0.1) is 0 Å². The van der Waals surface area contributed by atoms with Gasteiger partial charge in [0.25, 0.3) is 0 Å². The Morgan fingerprint density at radius 3 is 2.89 bits per heavy atom. The summed E-state index contributed by atoms with van der Waals surface area (Å²) in [6.07, 6.45) is 1.36. The van der Waals surface area contributed by atoms with Crippen LogP contribution >= 0.6 is 0 Å². The quantitative estimate of drug-likeness (QED) is 0.361. The third-order valence-corrected chi connectivity index (χ3v) is 3.61. The first-order valence-corrected chi connectivity index (χ1v) is 6.35. The average molecular weight is 247 g/mol. The van der Waals surface area contributed by atoms with E-state index in [-0.39, 0.29) is 5.84 Å². The van der Waals surface area contributed by atoms with Gasteiger partial charge in [-0.2, -0.15) is 0 Å². The molecule has 1 saturated carbocycles. The zero-order chi connectivity index (χ0) is 13.1. The van der Waals surface area contributed by atoms with Crippen LogP contribution in [0.2, 0.25) is 0 Å². The molecule has 1 aromatic rings. The van der Waals surface area contributed by atoms with Crippen molar-refractivity contribution in [2.75, 3.05) is 13.6 Å². The summed E-state index contributed by atoms with van der Waals surface area (Å²) < 4.78 is 0. The van der Waals surface area contributed by atoms with Crippen LogP contribution in [0.25, 0.3) is 0 Å². The van der Waals surface area contributed by atoms with E-state index >= 15 is 0 Å². The monoisotopic (exact) mass is 247 g/mol. The van der Waals surface area contributed by atoms with Gasteiger partial charge >= 0.3 is 0 Å². The second kappa shape index (κ2) is 5.40. The molecule has 4 nitrogen and oxygen atoms in total. The number of rotatable bonds is 5. The number of hydrogen-bond acceptors (Lipinski definition) is 3. The molecule has 2 rings (SSSR count). The van der Waals surface area contributed by atoms with Crippen LogP contribution < -0.4 is 5.73 Å². The maximum Gasteiger partial charge on any atom is 0.170 e. The van der Waals surface area contributed by atoms with Gasteiger partial charge in [0, 0.05) is 18.7 Å². The van der Waals surface area contributed by atoms with Crippen LogP contribution in [0.4, 0.5) is 0 Å². The minimum Gasteiger partial charge on any atom is -0.409 e. The lowest BCUT2D eigenvalue weighted by atomic mass is 10.1. The van der Waals surface area contributed by atoms with Crippen molar-refractivity contribution >= 4 is 5.84 Å². The summed E-state index contributed by atoms with van der Waals surface area (Å²) >= 11 is 0. The number of benzene rings is 1. The van der Waals surface area contributed by atoms with Crippen molar-refractivity contribution < 1.29 is 5.21 Å². The summed E-state index contributed by atoms with van der Waals surface area (Å²) in [5, 5.41) is 11.7. The largest absolute Gasteiger partial charge is 0.409 e. The van der Waals surface area contributed by atoms with Crippen LogP contribution in [0.15, 0.2) is 29.4 Å². The Kier molecular flexibility index (Phi) is 3.87. The first-order valence-electron chi connectivity index (χ1n) is 6.35. The van der Waals surface area contributed by atoms with Crippen molar-refractivity contribution in [2.45, 2.75) is 19.9 Å². The predicted molar refractivity (Wildman–Crippen MR) is 72.6 cm³/mol. The molecule has 0 saturated heterocycles. The third-order valence-electron chi connectivity index (χ3n) is 3.61. The Bertz CT molecular complexity index is 444. The molecule has 2 atom stereocenters. The number of nitrogens with two attached hydrogens (primary N) is 1. The lowest BCUT2D eigenvalue weighted by molar-refractivity contribution is 0.307. The molecule has 0 spiro atoms. The standard InChI is InChI=1S/C14H21N3O/c1-10-6-13(10)9-17(2)8-11-4-3-5-12(7-11)14(15)16-18/h3-5,7,10,13,18H,6,8-9H2,1-2H3,(H2,15,16). The first kappa shape index (κ1) is 12.9. The summed E-state index contributed by atoms with van der Waals surface area (Å²) in [5.41, 5.74) is 7.55. The summed E-state index contributed by atoms with van der Waals surface area (Å²) in [5.74, 6) is 1.91. The second-order valence-electron chi connectivity index (χ2n) is 5.36. The molecule has 1 aliphatic rings. The van der Waals surface area contributed by atoms with Gasteiger partial charge in [-0.25, -0.2) is 0 Å². The molecule has 0 radical (unpaired) electrons. The average Bonchev–Trinajstić information content (AvgIpc) is 3.03. The number of hydrogen-bond donors (Lipinski definition) is 2. The highest BCUT2D eigenvalue weighted by Gasteiger charge is 2.32. The highest BCUT2D eigenvalue weighted by atomic mass is 16.4. The van der Waals surface area contributed by atoms with Crippen molar-refractivity contribution in [1.82, 2.24) is 4.90 Å². The van der Waals surface area contributed by atoms with Crippen molar-refractivity contribution in [2.24, 2.45) is 22.7 Å². The normalized spacial score (nSPS) is 23.4. The van der Waals surface area contributed by atoms with Gasteiger partial charge in [-0.3, -0.25) is 0 Å². The molecule has 0 bridgehead atoms. The Morgan fingerprint density at radius 1 is 1.56 bits per heavy atom. The molecule has 0 heterocycles. The molecule has 2 unspecified atom stereocenters. The molecule has 3 N–H and O–H groups in total. The molecule has 1 aromatic carbocycles.